The van der Waals surface area contributed by atoms with Crippen LogP contribution in [-0.2, 0) is 6.42 Å². The highest BCUT2D eigenvalue weighted by molar-refractivity contribution is 6.31. The molecule has 0 heterocycles. The zero-order valence-electron chi connectivity index (χ0n) is 9.59. The second-order valence-corrected chi connectivity index (χ2v) is 4.44. The maximum atomic E-state index is 13.5. The minimum absolute atomic E-state index is 0.141. The molecule has 19 heavy (non-hydrogen) atoms. The van der Waals surface area contributed by atoms with Crippen LogP contribution in [0.4, 0.5) is 13.2 Å². The van der Waals surface area contributed by atoms with Crippen molar-refractivity contribution >= 4 is 17.4 Å². The van der Waals surface area contributed by atoms with Gasteiger partial charge in [0, 0.05) is 17.5 Å². The van der Waals surface area contributed by atoms with Crippen LogP contribution in [0, 0.1) is 17.5 Å². The molecule has 2 aromatic rings. The molecule has 2 rings (SSSR count). The smallest absolute Gasteiger partial charge is 0.170 e. The highest BCUT2D eigenvalue weighted by Gasteiger charge is 2.14. The number of Topliss-reactive ketones (excluding diaryl/α,β-unsaturated/α-hetero) is 1. The minimum Gasteiger partial charge on any atom is -0.294 e. The van der Waals surface area contributed by atoms with E-state index in [9.17, 15) is 18.0 Å². The number of carbonyl (C=O) groups excluding carboxylic acids is 1. The fourth-order valence-corrected chi connectivity index (χ4v) is 1.88. The Morgan fingerprint density at radius 1 is 1.00 bits per heavy atom. The van der Waals surface area contributed by atoms with Gasteiger partial charge in [-0.2, -0.15) is 0 Å². The summed E-state index contributed by atoms with van der Waals surface area (Å²) in [6.07, 6.45) is -0.300. The van der Waals surface area contributed by atoms with Gasteiger partial charge in [0.25, 0.3) is 0 Å². The molecular weight excluding hydrogens is 277 g/mol. The van der Waals surface area contributed by atoms with E-state index >= 15 is 0 Å². The average molecular weight is 285 g/mol. The van der Waals surface area contributed by atoms with Gasteiger partial charge in [-0.15, -0.1) is 0 Å². The summed E-state index contributed by atoms with van der Waals surface area (Å²) in [6.45, 7) is 0. The van der Waals surface area contributed by atoms with Gasteiger partial charge in [-0.25, -0.2) is 13.2 Å². The van der Waals surface area contributed by atoms with Crippen LogP contribution in [0.5, 0.6) is 0 Å². The molecule has 0 aliphatic rings. The first-order valence-corrected chi connectivity index (χ1v) is 5.77. The van der Waals surface area contributed by atoms with Crippen LogP contribution < -0.4 is 0 Å². The Bertz CT molecular complexity index is 620. The molecule has 0 N–H and O–H groups in total. The Balaban J connectivity index is 2.28. The molecule has 98 valence electrons. The van der Waals surface area contributed by atoms with Crippen molar-refractivity contribution < 1.29 is 18.0 Å². The number of hydrogen-bond acceptors (Lipinski definition) is 1. The highest BCUT2D eigenvalue weighted by Crippen LogP contribution is 2.18. The Hall–Kier alpha value is -1.81. The van der Waals surface area contributed by atoms with Gasteiger partial charge in [0.15, 0.2) is 5.78 Å². The lowest BCUT2D eigenvalue weighted by Crippen LogP contribution is -2.06. The lowest BCUT2D eigenvalue weighted by atomic mass is 10.0. The van der Waals surface area contributed by atoms with Crippen molar-refractivity contribution in [1.29, 1.82) is 0 Å². The van der Waals surface area contributed by atoms with E-state index in [1.807, 2.05) is 0 Å². The average Bonchev–Trinajstić information content (AvgIpc) is 2.30. The van der Waals surface area contributed by atoms with E-state index in [0.717, 1.165) is 18.2 Å². The lowest BCUT2D eigenvalue weighted by Gasteiger charge is -2.04. The Labute approximate surface area is 112 Å². The molecule has 0 radical (unpaired) electrons. The van der Waals surface area contributed by atoms with Crippen LogP contribution in [0.15, 0.2) is 36.4 Å². The number of rotatable bonds is 3. The van der Waals surface area contributed by atoms with Crippen LogP contribution >= 0.6 is 11.6 Å². The monoisotopic (exact) mass is 284 g/mol. The molecule has 1 nitrogen and oxygen atoms in total. The molecule has 0 spiro atoms. The molecule has 0 aliphatic carbocycles. The summed E-state index contributed by atoms with van der Waals surface area (Å²) in [5, 5.41) is 0.218. The second-order valence-electron chi connectivity index (χ2n) is 4.00. The Morgan fingerprint density at radius 3 is 2.26 bits per heavy atom. The third kappa shape index (κ3) is 3.35. The summed E-state index contributed by atoms with van der Waals surface area (Å²) in [5.41, 5.74) is -0.0564. The van der Waals surface area contributed by atoms with Crippen molar-refractivity contribution in [2.45, 2.75) is 6.42 Å². The van der Waals surface area contributed by atoms with Crippen LogP contribution in [0.2, 0.25) is 5.02 Å². The molecule has 0 amide bonds. The predicted molar refractivity (Wildman–Crippen MR) is 65.8 cm³/mol. The molecular formula is C14H8ClF3O. The van der Waals surface area contributed by atoms with Crippen molar-refractivity contribution in [3.8, 4) is 0 Å². The Kier molecular flexibility index (Phi) is 3.90. The van der Waals surface area contributed by atoms with Crippen LogP contribution in [0.1, 0.15) is 15.9 Å². The number of hydrogen-bond donors (Lipinski definition) is 0. The fraction of sp³-hybridized carbons (Fsp3) is 0.0714. The van der Waals surface area contributed by atoms with Crippen LogP contribution in [0.3, 0.4) is 0 Å². The quantitative estimate of drug-likeness (QED) is 0.773. The number of benzene rings is 2. The van der Waals surface area contributed by atoms with Gasteiger partial charge in [0.1, 0.15) is 17.5 Å². The summed E-state index contributed by atoms with van der Waals surface area (Å²) in [5.74, 6) is -2.87. The van der Waals surface area contributed by atoms with Crippen LogP contribution in [0.25, 0.3) is 0 Å². The molecule has 0 saturated carbocycles. The van der Waals surface area contributed by atoms with E-state index in [0.29, 0.717) is 6.07 Å². The van der Waals surface area contributed by atoms with Crippen molar-refractivity contribution in [2.24, 2.45) is 0 Å². The van der Waals surface area contributed by atoms with Gasteiger partial charge in [-0.05, 0) is 35.9 Å². The largest absolute Gasteiger partial charge is 0.294 e. The van der Waals surface area contributed by atoms with E-state index in [2.05, 4.69) is 0 Å². The number of ketones is 1. The van der Waals surface area contributed by atoms with Crippen molar-refractivity contribution in [1.82, 2.24) is 0 Å². The number of carbonyl (C=O) groups is 1. The molecule has 0 saturated heterocycles. The zero-order chi connectivity index (χ0) is 14.0. The third-order valence-electron chi connectivity index (χ3n) is 2.52. The molecule has 0 aromatic heterocycles. The second kappa shape index (κ2) is 5.45. The third-order valence-corrected chi connectivity index (χ3v) is 2.75. The SMILES string of the molecule is O=C(Cc1cc(F)cc(F)c1)c1cc(Cl)ccc1F. The molecule has 0 fully saturated rings. The summed E-state index contributed by atoms with van der Waals surface area (Å²) >= 11 is 5.68. The van der Waals surface area contributed by atoms with E-state index in [4.69, 9.17) is 11.6 Å². The topological polar surface area (TPSA) is 17.1 Å². The summed E-state index contributed by atoms with van der Waals surface area (Å²) in [4.78, 5) is 11.9. The van der Waals surface area contributed by atoms with Gasteiger partial charge in [0.05, 0.1) is 5.56 Å². The van der Waals surface area contributed by atoms with Gasteiger partial charge in [-0.1, -0.05) is 11.6 Å². The van der Waals surface area contributed by atoms with E-state index < -0.39 is 23.2 Å². The molecule has 5 heteroatoms. The maximum absolute atomic E-state index is 13.5. The van der Waals surface area contributed by atoms with Gasteiger partial charge < -0.3 is 0 Å². The Morgan fingerprint density at radius 2 is 1.63 bits per heavy atom. The van der Waals surface area contributed by atoms with E-state index in [1.54, 1.807) is 0 Å². The van der Waals surface area contributed by atoms with Gasteiger partial charge >= 0.3 is 0 Å². The predicted octanol–water partition coefficient (Wildman–Crippen LogP) is 4.18. The molecule has 0 aliphatic heterocycles. The van der Waals surface area contributed by atoms with Crippen LogP contribution in [-0.4, -0.2) is 5.78 Å². The van der Waals surface area contributed by atoms with Crippen molar-refractivity contribution in [3.63, 3.8) is 0 Å². The van der Waals surface area contributed by atoms with Gasteiger partial charge in [-0.3, -0.25) is 4.79 Å². The molecule has 0 unspecified atom stereocenters. The normalized spacial score (nSPS) is 10.5. The first-order chi connectivity index (χ1) is 8.95. The summed E-state index contributed by atoms with van der Waals surface area (Å²) in [7, 11) is 0. The van der Waals surface area contributed by atoms with E-state index in [1.165, 1.54) is 12.1 Å². The maximum Gasteiger partial charge on any atom is 0.170 e. The standard InChI is InChI=1S/C14H8ClF3O/c15-9-1-2-13(18)12(6-9)14(19)5-8-3-10(16)7-11(17)4-8/h1-4,6-7H,5H2. The summed E-state index contributed by atoms with van der Waals surface area (Å²) in [6, 6.07) is 6.34. The van der Waals surface area contributed by atoms with Crippen molar-refractivity contribution in [3.05, 3.63) is 70.0 Å². The molecule has 2 aromatic carbocycles. The van der Waals surface area contributed by atoms with Gasteiger partial charge in [0.2, 0.25) is 0 Å². The minimum atomic E-state index is -0.783. The molecule has 0 bridgehead atoms. The van der Waals surface area contributed by atoms with E-state index in [-0.39, 0.29) is 22.6 Å². The lowest BCUT2D eigenvalue weighted by molar-refractivity contribution is 0.0989. The summed E-state index contributed by atoms with van der Waals surface area (Å²) < 4.78 is 39.4. The van der Waals surface area contributed by atoms with Crippen molar-refractivity contribution in [2.75, 3.05) is 0 Å². The first kappa shape index (κ1) is 13.6. The first-order valence-electron chi connectivity index (χ1n) is 5.39. The fourth-order valence-electron chi connectivity index (χ4n) is 1.70. The number of halogens is 4. The molecule has 0 atom stereocenters. The zero-order valence-corrected chi connectivity index (χ0v) is 10.3. The highest BCUT2D eigenvalue weighted by atomic mass is 35.5.